The zero-order valence-electron chi connectivity index (χ0n) is 12.3. The van der Waals surface area contributed by atoms with Gasteiger partial charge < -0.3 is 21.0 Å². The molecule has 3 rings (SSSR count). The third-order valence-electron chi connectivity index (χ3n) is 3.53. The number of aromatic amines is 1. The molecule has 0 radical (unpaired) electrons. The van der Waals surface area contributed by atoms with Crippen molar-refractivity contribution in [2.75, 3.05) is 0 Å². The summed E-state index contributed by atoms with van der Waals surface area (Å²) in [6, 6.07) is 11.0. The number of halogens is 1. The summed E-state index contributed by atoms with van der Waals surface area (Å²) in [5.74, 6) is 5.22. The van der Waals surface area contributed by atoms with Crippen molar-refractivity contribution in [1.82, 2.24) is 9.97 Å². The fourth-order valence-electron chi connectivity index (χ4n) is 2.36. The summed E-state index contributed by atoms with van der Waals surface area (Å²) in [6.07, 6.45) is -1.41. The van der Waals surface area contributed by atoms with Gasteiger partial charge in [-0.1, -0.05) is 29.8 Å². The van der Waals surface area contributed by atoms with E-state index in [0.717, 1.165) is 0 Å². The van der Waals surface area contributed by atoms with E-state index < -0.39 is 11.7 Å². The van der Waals surface area contributed by atoms with E-state index in [4.69, 9.17) is 17.4 Å². The number of nitrogens with one attached hydrogen (secondary N) is 1. The molecule has 0 spiro atoms. The zero-order valence-corrected chi connectivity index (χ0v) is 13.0. The van der Waals surface area contributed by atoms with Gasteiger partial charge in [-0.3, -0.25) is 4.79 Å². The topological polar surface area (TPSA) is 125 Å². The first-order valence-corrected chi connectivity index (χ1v) is 7.32. The number of aliphatic hydroxyl groups is 1. The van der Waals surface area contributed by atoms with Crippen molar-refractivity contribution in [3.63, 3.8) is 0 Å². The Labute approximate surface area is 141 Å². The molecule has 0 saturated carbocycles. The molecule has 0 aliphatic rings. The summed E-state index contributed by atoms with van der Waals surface area (Å²) in [4.78, 5) is 19.1. The van der Waals surface area contributed by atoms with Crippen LogP contribution in [0.25, 0.3) is 11.0 Å². The third-order valence-corrected chi connectivity index (χ3v) is 3.76. The number of fused-ring (bicyclic) bond motifs is 1. The lowest BCUT2D eigenvalue weighted by Gasteiger charge is -2.14. The summed E-state index contributed by atoms with van der Waals surface area (Å²) in [6.45, 7) is 0. The number of aliphatic hydroxyl groups excluding tert-OH is 1. The van der Waals surface area contributed by atoms with E-state index in [0.29, 0.717) is 16.1 Å². The van der Waals surface area contributed by atoms with Crippen LogP contribution in [0.4, 0.5) is 0 Å². The molecule has 0 amide bonds. The van der Waals surface area contributed by atoms with Crippen LogP contribution in [-0.4, -0.2) is 25.9 Å². The first-order chi connectivity index (χ1) is 11.5. The third kappa shape index (κ3) is 2.82. The standard InChI is InChI=1S/C16H13ClN4O3/c17-8-5-6-10-11(7-8)20-16(24)14(19-10)13(21-18)15(23)9-3-1-2-4-12(9)22/h1-7,15,22-23H,18H2,(H,20,24)/b21-13+/t15-/m0/s1. The zero-order chi connectivity index (χ0) is 17.3. The molecule has 3 aromatic rings. The predicted molar refractivity (Wildman–Crippen MR) is 91.2 cm³/mol. The molecule has 0 unspecified atom stereocenters. The van der Waals surface area contributed by atoms with Crippen LogP contribution in [0.5, 0.6) is 5.75 Å². The van der Waals surface area contributed by atoms with E-state index >= 15 is 0 Å². The molecule has 0 aliphatic carbocycles. The first kappa shape index (κ1) is 16.0. The summed E-state index contributed by atoms with van der Waals surface area (Å²) >= 11 is 5.89. The van der Waals surface area contributed by atoms with Gasteiger partial charge in [0.25, 0.3) is 5.56 Å². The van der Waals surface area contributed by atoms with Gasteiger partial charge in [0, 0.05) is 10.6 Å². The Bertz CT molecular complexity index is 1000. The highest BCUT2D eigenvalue weighted by molar-refractivity contribution is 6.31. The van der Waals surface area contributed by atoms with Crippen LogP contribution >= 0.6 is 11.6 Å². The van der Waals surface area contributed by atoms with Gasteiger partial charge in [0.15, 0.2) is 5.69 Å². The maximum Gasteiger partial charge on any atom is 0.276 e. The van der Waals surface area contributed by atoms with Crippen LogP contribution < -0.4 is 11.4 Å². The number of H-pyrrole nitrogens is 1. The minimum atomic E-state index is -1.41. The Hall–Kier alpha value is -2.90. The first-order valence-electron chi connectivity index (χ1n) is 6.95. The maximum absolute atomic E-state index is 12.3. The molecule has 24 heavy (non-hydrogen) atoms. The number of rotatable bonds is 3. The molecule has 1 atom stereocenters. The van der Waals surface area contributed by atoms with Gasteiger partial charge in [-0.05, 0) is 24.3 Å². The number of nitrogens with two attached hydrogens (primary N) is 1. The number of aromatic nitrogens is 2. The number of hydrazone groups is 1. The normalized spacial score (nSPS) is 13.2. The maximum atomic E-state index is 12.3. The van der Waals surface area contributed by atoms with Gasteiger partial charge in [0.05, 0.1) is 11.0 Å². The van der Waals surface area contributed by atoms with Crippen molar-refractivity contribution >= 4 is 28.3 Å². The molecular weight excluding hydrogens is 332 g/mol. The lowest BCUT2D eigenvalue weighted by molar-refractivity contribution is 0.242. The number of phenols is 1. The average Bonchev–Trinajstić information content (AvgIpc) is 2.56. The highest BCUT2D eigenvalue weighted by Crippen LogP contribution is 2.26. The molecule has 2 aromatic carbocycles. The second kappa shape index (κ2) is 6.31. The second-order valence-electron chi connectivity index (χ2n) is 5.05. The molecule has 0 bridgehead atoms. The minimum absolute atomic E-state index is 0.136. The van der Waals surface area contributed by atoms with Gasteiger partial charge >= 0.3 is 0 Å². The summed E-state index contributed by atoms with van der Waals surface area (Å²) in [7, 11) is 0. The van der Waals surface area contributed by atoms with Crippen LogP contribution in [0.1, 0.15) is 17.4 Å². The number of hydrogen-bond acceptors (Lipinski definition) is 6. The molecule has 0 fully saturated rings. The van der Waals surface area contributed by atoms with Crippen molar-refractivity contribution in [3.8, 4) is 5.75 Å². The van der Waals surface area contributed by atoms with Crippen molar-refractivity contribution < 1.29 is 10.2 Å². The molecule has 0 aliphatic heterocycles. The van der Waals surface area contributed by atoms with Crippen molar-refractivity contribution in [1.29, 1.82) is 0 Å². The van der Waals surface area contributed by atoms with Gasteiger partial charge in [0.2, 0.25) is 0 Å². The highest BCUT2D eigenvalue weighted by Gasteiger charge is 2.24. The van der Waals surface area contributed by atoms with Crippen LogP contribution in [-0.2, 0) is 0 Å². The smallest absolute Gasteiger partial charge is 0.276 e. The number of phenolic OH excluding ortho intramolecular Hbond substituents is 1. The molecule has 8 heteroatoms. The van der Waals surface area contributed by atoms with E-state index in [1.165, 1.54) is 12.1 Å². The lowest BCUT2D eigenvalue weighted by Crippen LogP contribution is -2.26. The van der Waals surface area contributed by atoms with Crippen LogP contribution in [0.2, 0.25) is 5.02 Å². The average molecular weight is 345 g/mol. The Morgan fingerprint density at radius 2 is 2.04 bits per heavy atom. The molecule has 122 valence electrons. The molecule has 1 aromatic heterocycles. The number of aromatic hydroxyl groups is 1. The van der Waals surface area contributed by atoms with Gasteiger partial charge in [-0.25, -0.2) is 4.98 Å². The van der Waals surface area contributed by atoms with E-state index in [2.05, 4.69) is 15.1 Å². The van der Waals surface area contributed by atoms with Gasteiger partial charge in [0.1, 0.15) is 17.6 Å². The van der Waals surface area contributed by atoms with Crippen molar-refractivity contribution in [3.05, 3.63) is 69.1 Å². The summed E-state index contributed by atoms with van der Waals surface area (Å²) < 4.78 is 0. The van der Waals surface area contributed by atoms with Crippen LogP contribution in [0, 0.1) is 0 Å². The quantitative estimate of drug-likeness (QED) is 0.327. The van der Waals surface area contributed by atoms with Crippen molar-refractivity contribution in [2.45, 2.75) is 6.10 Å². The molecule has 7 nitrogen and oxygen atoms in total. The number of nitrogens with zero attached hydrogens (tertiary/aromatic N) is 2. The predicted octanol–water partition coefficient (Wildman–Crippen LogP) is 1.68. The SMILES string of the molecule is N/N=C(\c1nc2ccc(Cl)cc2[nH]c1=O)[C@@H](O)c1ccccc1O. The van der Waals surface area contributed by atoms with E-state index in [1.807, 2.05) is 0 Å². The van der Waals surface area contributed by atoms with E-state index in [-0.39, 0.29) is 22.7 Å². The molecule has 5 N–H and O–H groups in total. The number of benzene rings is 2. The van der Waals surface area contributed by atoms with Crippen molar-refractivity contribution in [2.24, 2.45) is 10.9 Å². The monoisotopic (exact) mass is 344 g/mol. The van der Waals surface area contributed by atoms with Gasteiger partial charge in [-0.2, -0.15) is 5.10 Å². The second-order valence-corrected chi connectivity index (χ2v) is 5.49. The largest absolute Gasteiger partial charge is 0.508 e. The molecule has 1 heterocycles. The van der Waals surface area contributed by atoms with E-state index in [1.54, 1.807) is 30.3 Å². The number of para-hydroxylation sites is 1. The minimum Gasteiger partial charge on any atom is -0.508 e. The fraction of sp³-hybridized carbons (Fsp3) is 0.0625. The summed E-state index contributed by atoms with van der Waals surface area (Å²) in [5, 5.41) is 24.3. The van der Waals surface area contributed by atoms with Gasteiger partial charge in [-0.15, -0.1) is 0 Å². The van der Waals surface area contributed by atoms with Crippen LogP contribution in [0.15, 0.2) is 52.4 Å². The Balaban J connectivity index is 2.14. The lowest BCUT2D eigenvalue weighted by atomic mass is 10.0. The molecule has 0 saturated heterocycles. The fourth-order valence-corrected chi connectivity index (χ4v) is 2.53. The Morgan fingerprint density at radius 3 is 2.75 bits per heavy atom. The van der Waals surface area contributed by atoms with E-state index in [9.17, 15) is 15.0 Å². The Morgan fingerprint density at radius 1 is 1.29 bits per heavy atom. The highest BCUT2D eigenvalue weighted by atomic mass is 35.5. The number of hydrogen-bond donors (Lipinski definition) is 4. The summed E-state index contributed by atoms with van der Waals surface area (Å²) in [5.41, 5.74) is 0.199. The molecular formula is C16H13ClN4O3. The van der Waals surface area contributed by atoms with Crippen LogP contribution in [0.3, 0.4) is 0 Å². The Kier molecular flexibility index (Phi) is 4.20.